The van der Waals surface area contributed by atoms with Crippen molar-refractivity contribution in [2.24, 2.45) is 0 Å². The molecule has 0 bridgehead atoms. The van der Waals surface area contributed by atoms with Crippen LogP contribution in [0.15, 0.2) is 42.5 Å². The Hall–Kier alpha value is -2.29. The number of hydrogen-bond donors (Lipinski definition) is 1. The van der Waals surface area contributed by atoms with Crippen molar-refractivity contribution in [3.63, 3.8) is 0 Å². The maximum absolute atomic E-state index is 11.2. The molecule has 0 spiro atoms. The predicted octanol–water partition coefficient (Wildman–Crippen LogP) is 5.61. The Morgan fingerprint density at radius 1 is 0.917 bits per heavy atom. The highest BCUT2D eigenvalue weighted by molar-refractivity contribution is 5.89. The maximum Gasteiger partial charge on any atom is 0.165 e. The first-order chi connectivity index (χ1) is 11.8. The summed E-state index contributed by atoms with van der Waals surface area (Å²) in [6.07, 6.45) is 7.99. The Morgan fingerprint density at radius 2 is 1.62 bits per heavy atom. The zero-order valence-electron chi connectivity index (χ0n) is 14.3. The zero-order chi connectivity index (χ0) is 17.2. The van der Waals surface area contributed by atoms with Crippen molar-refractivity contribution in [2.45, 2.75) is 45.4 Å². The van der Waals surface area contributed by atoms with E-state index in [4.69, 9.17) is 4.74 Å². The van der Waals surface area contributed by atoms with Crippen LogP contribution in [0.1, 0.15) is 55.8 Å². The Bertz CT molecular complexity index is 649. The molecule has 128 valence electrons. The van der Waals surface area contributed by atoms with Gasteiger partial charge in [0.15, 0.2) is 17.8 Å². The third-order valence-electron chi connectivity index (χ3n) is 4.13. The van der Waals surface area contributed by atoms with Gasteiger partial charge in [0.05, 0.1) is 6.61 Å². The second-order valence-electron chi connectivity index (χ2n) is 5.97. The molecule has 24 heavy (non-hydrogen) atoms. The predicted molar refractivity (Wildman–Crippen MR) is 97.8 cm³/mol. The van der Waals surface area contributed by atoms with E-state index in [0.29, 0.717) is 23.5 Å². The third-order valence-corrected chi connectivity index (χ3v) is 4.13. The molecule has 0 saturated heterocycles. The van der Waals surface area contributed by atoms with Gasteiger partial charge in [0.2, 0.25) is 0 Å². The van der Waals surface area contributed by atoms with Gasteiger partial charge in [-0.25, -0.2) is 0 Å². The van der Waals surface area contributed by atoms with Gasteiger partial charge in [0.1, 0.15) is 0 Å². The smallest absolute Gasteiger partial charge is 0.165 e. The van der Waals surface area contributed by atoms with E-state index < -0.39 is 0 Å². The average Bonchev–Trinajstić information content (AvgIpc) is 2.62. The van der Waals surface area contributed by atoms with Crippen molar-refractivity contribution in [1.82, 2.24) is 0 Å². The van der Waals surface area contributed by atoms with Crippen LogP contribution in [0, 0.1) is 0 Å². The SMILES string of the molecule is CCCCCCCCOc1cccc(-c2ccccc2C=O)c1O. The second kappa shape index (κ2) is 9.76. The first-order valence-electron chi connectivity index (χ1n) is 8.77. The second-order valence-corrected chi connectivity index (χ2v) is 5.97. The van der Waals surface area contributed by atoms with E-state index in [0.717, 1.165) is 24.7 Å². The molecule has 0 aromatic heterocycles. The molecule has 0 aliphatic rings. The van der Waals surface area contributed by atoms with Crippen molar-refractivity contribution in [1.29, 1.82) is 0 Å². The minimum absolute atomic E-state index is 0.0952. The van der Waals surface area contributed by atoms with Crippen LogP contribution in [0.3, 0.4) is 0 Å². The van der Waals surface area contributed by atoms with E-state index in [2.05, 4.69) is 6.92 Å². The lowest BCUT2D eigenvalue weighted by Gasteiger charge is -2.12. The van der Waals surface area contributed by atoms with E-state index >= 15 is 0 Å². The Balaban J connectivity index is 1.99. The van der Waals surface area contributed by atoms with E-state index in [9.17, 15) is 9.90 Å². The standard InChI is InChI=1S/C21H26O3/c1-2-3-4-5-6-9-15-24-20-14-10-13-19(21(20)23)18-12-8-7-11-17(18)16-22/h7-8,10-14,16,23H,2-6,9,15H2,1H3. The fourth-order valence-electron chi connectivity index (χ4n) is 2.77. The van der Waals surface area contributed by atoms with Crippen LogP contribution < -0.4 is 4.74 Å². The summed E-state index contributed by atoms with van der Waals surface area (Å²) in [5.74, 6) is 0.569. The number of aldehydes is 1. The number of carbonyl (C=O) groups excluding carboxylic acids is 1. The molecule has 1 N–H and O–H groups in total. The maximum atomic E-state index is 11.2. The minimum Gasteiger partial charge on any atom is -0.504 e. The van der Waals surface area contributed by atoms with Crippen LogP contribution in [0.5, 0.6) is 11.5 Å². The molecule has 2 aromatic carbocycles. The summed E-state index contributed by atoms with van der Waals surface area (Å²) in [5.41, 5.74) is 1.90. The Morgan fingerprint density at radius 3 is 2.42 bits per heavy atom. The largest absolute Gasteiger partial charge is 0.504 e. The average molecular weight is 326 g/mol. The number of aromatic hydroxyl groups is 1. The lowest BCUT2D eigenvalue weighted by atomic mass is 9.99. The summed E-state index contributed by atoms with van der Waals surface area (Å²) in [6.45, 7) is 2.81. The summed E-state index contributed by atoms with van der Waals surface area (Å²) in [4.78, 5) is 11.2. The summed E-state index contributed by atoms with van der Waals surface area (Å²) < 4.78 is 5.74. The molecule has 0 atom stereocenters. The summed E-state index contributed by atoms with van der Waals surface area (Å²) in [6, 6.07) is 12.6. The van der Waals surface area contributed by atoms with Crippen molar-refractivity contribution in [2.75, 3.05) is 6.61 Å². The van der Waals surface area contributed by atoms with Gasteiger partial charge < -0.3 is 9.84 Å². The number of hydrogen-bond acceptors (Lipinski definition) is 3. The molecule has 3 nitrogen and oxygen atoms in total. The molecule has 0 radical (unpaired) electrons. The Labute approximate surface area is 144 Å². The van der Waals surface area contributed by atoms with Gasteiger partial charge in [-0.2, -0.15) is 0 Å². The van der Waals surface area contributed by atoms with Gasteiger partial charge >= 0.3 is 0 Å². The van der Waals surface area contributed by atoms with Gasteiger partial charge in [-0.3, -0.25) is 4.79 Å². The van der Waals surface area contributed by atoms with Crippen LogP contribution in [0.2, 0.25) is 0 Å². The molecular weight excluding hydrogens is 300 g/mol. The van der Waals surface area contributed by atoms with Crippen LogP contribution in [0.4, 0.5) is 0 Å². The number of phenols is 1. The normalized spacial score (nSPS) is 10.5. The molecule has 3 heteroatoms. The van der Waals surface area contributed by atoms with Crippen LogP contribution in [-0.4, -0.2) is 18.0 Å². The molecule has 0 amide bonds. The van der Waals surface area contributed by atoms with Gasteiger partial charge in [-0.1, -0.05) is 75.4 Å². The zero-order valence-corrected chi connectivity index (χ0v) is 14.3. The number of carbonyl (C=O) groups is 1. The minimum atomic E-state index is 0.0952. The van der Waals surface area contributed by atoms with Gasteiger partial charge in [-0.15, -0.1) is 0 Å². The summed E-state index contributed by atoms with van der Waals surface area (Å²) in [5, 5.41) is 10.5. The van der Waals surface area contributed by atoms with E-state index in [1.54, 1.807) is 18.2 Å². The van der Waals surface area contributed by atoms with Gasteiger partial charge in [-0.05, 0) is 18.1 Å². The lowest BCUT2D eigenvalue weighted by molar-refractivity contribution is 0.112. The lowest BCUT2D eigenvalue weighted by Crippen LogP contribution is -1.98. The molecule has 0 saturated carbocycles. The van der Waals surface area contributed by atoms with Crippen LogP contribution in [0.25, 0.3) is 11.1 Å². The van der Waals surface area contributed by atoms with Crippen molar-refractivity contribution in [3.8, 4) is 22.6 Å². The number of unbranched alkanes of at least 4 members (excludes halogenated alkanes) is 5. The molecule has 0 aliphatic carbocycles. The number of para-hydroxylation sites is 1. The highest BCUT2D eigenvalue weighted by atomic mass is 16.5. The topological polar surface area (TPSA) is 46.5 Å². The summed E-state index contributed by atoms with van der Waals surface area (Å²) in [7, 11) is 0. The number of phenolic OH excluding ortho intramolecular Hbond substituents is 1. The first-order valence-corrected chi connectivity index (χ1v) is 8.77. The highest BCUT2D eigenvalue weighted by Gasteiger charge is 2.12. The van der Waals surface area contributed by atoms with E-state index in [1.807, 2.05) is 24.3 Å². The third kappa shape index (κ3) is 4.85. The molecule has 0 aliphatic heterocycles. The fourth-order valence-corrected chi connectivity index (χ4v) is 2.77. The highest BCUT2D eigenvalue weighted by Crippen LogP contribution is 2.38. The number of rotatable bonds is 10. The number of ether oxygens (including phenoxy) is 1. The van der Waals surface area contributed by atoms with E-state index in [-0.39, 0.29) is 5.75 Å². The molecule has 0 unspecified atom stereocenters. The molecule has 0 fully saturated rings. The summed E-state index contributed by atoms with van der Waals surface area (Å²) >= 11 is 0. The monoisotopic (exact) mass is 326 g/mol. The van der Waals surface area contributed by atoms with Crippen molar-refractivity contribution >= 4 is 6.29 Å². The van der Waals surface area contributed by atoms with Crippen LogP contribution >= 0.6 is 0 Å². The quantitative estimate of drug-likeness (QED) is 0.456. The van der Waals surface area contributed by atoms with E-state index in [1.165, 1.54) is 25.7 Å². The number of benzene rings is 2. The van der Waals surface area contributed by atoms with Crippen molar-refractivity contribution < 1.29 is 14.6 Å². The first kappa shape index (κ1) is 18.1. The Kier molecular flexibility index (Phi) is 7.34. The molecule has 2 aromatic rings. The van der Waals surface area contributed by atoms with Gasteiger partial charge in [0, 0.05) is 11.1 Å². The molecule has 0 heterocycles. The van der Waals surface area contributed by atoms with Gasteiger partial charge in [0.25, 0.3) is 0 Å². The van der Waals surface area contributed by atoms with Crippen molar-refractivity contribution in [3.05, 3.63) is 48.0 Å². The van der Waals surface area contributed by atoms with Crippen LogP contribution in [-0.2, 0) is 0 Å². The molecule has 2 rings (SSSR count). The fraction of sp³-hybridized carbons (Fsp3) is 0.381. The molecular formula is C21H26O3.